The molecule has 2 heterocycles. The molecule has 0 saturated heterocycles. The summed E-state index contributed by atoms with van der Waals surface area (Å²) in [6.07, 6.45) is 3.02. The summed E-state index contributed by atoms with van der Waals surface area (Å²) in [7, 11) is 0. The molecule has 24 heavy (non-hydrogen) atoms. The van der Waals surface area contributed by atoms with Gasteiger partial charge < -0.3 is 9.88 Å². The molecule has 1 aliphatic carbocycles. The summed E-state index contributed by atoms with van der Waals surface area (Å²) in [6.45, 7) is 6.53. The van der Waals surface area contributed by atoms with Gasteiger partial charge in [0.2, 0.25) is 5.91 Å². The molecule has 0 aromatic carbocycles. The predicted octanol–water partition coefficient (Wildman–Crippen LogP) is 2.36. The average molecular weight is 346 g/mol. The lowest BCUT2D eigenvalue weighted by molar-refractivity contribution is -0.118. The van der Waals surface area contributed by atoms with E-state index in [1.165, 1.54) is 11.8 Å². The smallest absolute Gasteiger partial charge is 0.283 e. The van der Waals surface area contributed by atoms with Crippen molar-refractivity contribution < 1.29 is 4.79 Å². The highest BCUT2D eigenvalue weighted by molar-refractivity contribution is 7.99. The summed E-state index contributed by atoms with van der Waals surface area (Å²) in [5, 5.41) is 4.03. The van der Waals surface area contributed by atoms with Crippen molar-refractivity contribution in [1.82, 2.24) is 19.9 Å². The van der Waals surface area contributed by atoms with Gasteiger partial charge in [-0.1, -0.05) is 18.7 Å². The van der Waals surface area contributed by atoms with E-state index in [0.29, 0.717) is 28.8 Å². The number of thioether (sulfide) groups is 1. The second kappa shape index (κ2) is 6.93. The number of rotatable bonds is 6. The van der Waals surface area contributed by atoms with Crippen LogP contribution in [0.25, 0.3) is 11.0 Å². The molecule has 0 unspecified atom stereocenters. The van der Waals surface area contributed by atoms with Crippen molar-refractivity contribution in [2.75, 3.05) is 12.3 Å². The third kappa shape index (κ3) is 3.45. The van der Waals surface area contributed by atoms with Crippen LogP contribution < -0.4 is 10.9 Å². The van der Waals surface area contributed by atoms with Crippen LogP contribution in [-0.4, -0.2) is 32.7 Å². The van der Waals surface area contributed by atoms with Gasteiger partial charge in [0.25, 0.3) is 5.56 Å². The highest BCUT2D eigenvalue weighted by atomic mass is 32.2. The van der Waals surface area contributed by atoms with Crippen LogP contribution in [-0.2, 0) is 4.79 Å². The third-order valence-corrected chi connectivity index (χ3v) is 4.94. The Bertz CT molecular complexity index is 843. The Hall–Kier alpha value is -1.89. The van der Waals surface area contributed by atoms with Crippen LogP contribution in [0.4, 0.5) is 0 Å². The summed E-state index contributed by atoms with van der Waals surface area (Å²) < 4.78 is 2.05. The molecule has 1 fully saturated rings. The van der Waals surface area contributed by atoms with Gasteiger partial charge in [0.1, 0.15) is 5.65 Å². The van der Waals surface area contributed by atoms with Gasteiger partial charge in [-0.25, -0.2) is 4.98 Å². The van der Waals surface area contributed by atoms with Gasteiger partial charge in [0.15, 0.2) is 5.16 Å². The number of carbonyl (C=O) groups is 1. The van der Waals surface area contributed by atoms with Crippen LogP contribution in [0.1, 0.15) is 43.5 Å². The molecule has 128 valence electrons. The van der Waals surface area contributed by atoms with Gasteiger partial charge in [-0.3, -0.25) is 9.59 Å². The maximum atomic E-state index is 12.5. The Morgan fingerprint density at radius 3 is 2.79 bits per heavy atom. The molecule has 3 rings (SSSR count). The van der Waals surface area contributed by atoms with E-state index in [9.17, 15) is 9.59 Å². The number of nitrogens with one attached hydrogen (secondary N) is 1. The second-order valence-electron chi connectivity index (χ2n) is 6.22. The van der Waals surface area contributed by atoms with Crippen molar-refractivity contribution in [3.63, 3.8) is 0 Å². The monoisotopic (exact) mass is 346 g/mol. The molecule has 0 bridgehead atoms. The van der Waals surface area contributed by atoms with Crippen molar-refractivity contribution in [1.29, 1.82) is 0 Å². The molecule has 6 nitrogen and oxygen atoms in total. The van der Waals surface area contributed by atoms with Gasteiger partial charge in [0, 0.05) is 18.3 Å². The average Bonchev–Trinajstić information content (AvgIpc) is 3.34. The minimum absolute atomic E-state index is 0.0353. The standard InChI is InChI=1S/C17H22N4O2S/c1-4-7-18-13(22)9-24-17-20-16(23)14-10(2)8-11(3)19-15(14)21(17)12-5-6-12/h8,12H,4-7,9H2,1-3H3,(H,18,22). The van der Waals surface area contributed by atoms with Crippen LogP contribution in [0.3, 0.4) is 0 Å². The van der Waals surface area contributed by atoms with Gasteiger partial charge in [-0.15, -0.1) is 0 Å². The van der Waals surface area contributed by atoms with E-state index in [0.717, 1.165) is 30.5 Å². The molecule has 0 aliphatic heterocycles. The number of carbonyl (C=O) groups excluding carboxylic acids is 1. The van der Waals surface area contributed by atoms with Crippen LogP contribution in [0, 0.1) is 13.8 Å². The molecular weight excluding hydrogens is 324 g/mol. The maximum absolute atomic E-state index is 12.5. The Morgan fingerprint density at radius 1 is 1.38 bits per heavy atom. The number of hydrogen-bond acceptors (Lipinski definition) is 5. The molecule has 2 aromatic heterocycles. The minimum atomic E-state index is -0.261. The van der Waals surface area contributed by atoms with Crippen molar-refractivity contribution >= 4 is 28.7 Å². The molecule has 1 saturated carbocycles. The van der Waals surface area contributed by atoms with Crippen LogP contribution in [0.5, 0.6) is 0 Å². The van der Waals surface area contributed by atoms with E-state index in [4.69, 9.17) is 0 Å². The highest BCUT2D eigenvalue weighted by Gasteiger charge is 2.29. The molecule has 1 N–H and O–H groups in total. The minimum Gasteiger partial charge on any atom is -0.355 e. The Balaban J connectivity index is 2.00. The molecular formula is C17H22N4O2S. The topological polar surface area (TPSA) is 76.9 Å². The number of amides is 1. The Kier molecular flexibility index (Phi) is 4.89. The summed E-state index contributed by atoms with van der Waals surface area (Å²) in [5.74, 6) is 0.224. The van der Waals surface area contributed by atoms with Crippen LogP contribution in [0.15, 0.2) is 16.0 Å². The number of pyridine rings is 1. The zero-order valence-corrected chi connectivity index (χ0v) is 15.1. The van der Waals surface area contributed by atoms with Gasteiger partial charge >= 0.3 is 0 Å². The summed E-state index contributed by atoms with van der Waals surface area (Å²) >= 11 is 1.31. The van der Waals surface area contributed by atoms with E-state index < -0.39 is 0 Å². The molecule has 0 spiro atoms. The van der Waals surface area contributed by atoms with Gasteiger partial charge in [-0.2, -0.15) is 4.98 Å². The van der Waals surface area contributed by atoms with E-state index >= 15 is 0 Å². The predicted molar refractivity (Wildman–Crippen MR) is 95.6 cm³/mol. The van der Waals surface area contributed by atoms with E-state index in [2.05, 4.69) is 19.9 Å². The zero-order chi connectivity index (χ0) is 17.3. The molecule has 0 radical (unpaired) electrons. The van der Waals surface area contributed by atoms with Crippen molar-refractivity contribution in [3.05, 3.63) is 27.7 Å². The first kappa shape index (κ1) is 17.0. The van der Waals surface area contributed by atoms with Crippen molar-refractivity contribution in [2.24, 2.45) is 0 Å². The Morgan fingerprint density at radius 2 is 2.12 bits per heavy atom. The largest absolute Gasteiger partial charge is 0.355 e. The van der Waals surface area contributed by atoms with E-state index in [-0.39, 0.29) is 17.2 Å². The lowest BCUT2D eigenvalue weighted by atomic mass is 10.2. The fourth-order valence-electron chi connectivity index (χ4n) is 2.75. The number of aryl methyl sites for hydroxylation is 2. The van der Waals surface area contributed by atoms with Crippen molar-refractivity contribution in [3.8, 4) is 0 Å². The number of nitrogens with zero attached hydrogens (tertiary/aromatic N) is 3. The quantitative estimate of drug-likeness (QED) is 0.642. The fraction of sp³-hybridized carbons (Fsp3) is 0.529. The second-order valence-corrected chi connectivity index (χ2v) is 7.16. The molecule has 2 aromatic rings. The SMILES string of the molecule is CCCNC(=O)CSc1nc(=O)c2c(C)cc(C)nc2n1C1CC1. The Labute approximate surface area is 145 Å². The molecule has 1 amide bonds. The molecule has 1 aliphatic rings. The van der Waals surface area contributed by atoms with E-state index in [1.807, 2.05) is 26.8 Å². The maximum Gasteiger partial charge on any atom is 0.283 e. The number of fused-ring (bicyclic) bond motifs is 1. The lowest BCUT2D eigenvalue weighted by Gasteiger charge is -2.15. The number of aromatic nitrogens is 3. The first-order valence-corrected chi connectivity index (χ1v) is 9.29. The fourth-order valence-corrected chi connectivity index (χ4v) is 3.64. The zero-order valence-electron chi connectivity index (χ0n) is 14.3. The lowest BCUT2D eigenvalue weighted by Crippen LogP contribution is -2.26. The van der Waals surface area contributed by atoms with Gasteiger partial charge in [-0.05, 0) is 44.7 Å². The number of hydrogen-bond donors (Lipinski definition) is 1. The van der Waals surface area contributed by atoms with Crippen molar-refractivity contribution in [2.45, 2.75) is 51.2 Å². The first-order valence-electron chi connectivity index (χ1n) is 8.31. The third-order valence-electron chi connectivity index (χ3n) is 3.99. The first-order chi connectivity index (χ1) is 11.5. The van der Waals surface area contributed by atoms with Crippen LogP contribution >= 0.6 is 11.8 Å². The summed E-state index contributed by atoms with van der Waals surface area (Å²) in [6, 6.07) is 2.24. The molecule has 7 heteroatoms. The van der Waals surface area contributed by atoms with Crippen LogP contribution in [0.2, 0.25) is 0 Å². The van der Waals surface area contributed by atoms with E-state index in [1.54, 1.807) is 0 Å². The molecule has 0 atom stereocenters. The summed E-state index contributed by atoms with van der Waals surface area (Å²) in [5.41, 5.74) is 2.23. The normalized spacial score (nSPS) is 14.1. The van der Waals surface area contributed by atoms with Gasteiger partial charge in [0.05, 0.1) is 11.1 Å². The highest BCUT2D eigenvalue weighted by Crippen LogP contribution is 2.39. The summed E-state index contributed by atoms with van der Waals surface area (Å²) in [4.78, 5) is 33.2.